The van der Waals surface area contributed by atoms with E-state index >= 15 is 0 Å². The number of quaternary nitrogens is 1. The van der Waals surface area contributed by atoms with E-state index in [0.717, 1.165) is 17.7 Å². The molecule has 2 heterocycles. The van der Waals surface area contributed by atoms with Crippen LogP contribution < -0.4 is 10.6 Å². The predicted molar refractivity (Wildman–Crippen MR) is 93.1 cm³/mol. The quantitative estimate of drug-likeness (QED) is 0.791. The van der Waals surface area contributed by atoms with E-state index in [0.29, 0.717) is 11.1 Å². The molecule has 25 heavy (non-hydrogen) atoms. The van der Waals surface area contributed by atoms with Gasteiger partial charge >= 0.3 is 0 Å². The molecule has 1 aromatic carbocycles. The molecule has 0 atom stereocenters. The van der Waals surface area contributed by atoms with Gasteiger partial charge in [-0.05, 0) is 39.8 Å². The van der Waals surface area contributed by atoms with Crippen LogP contribution in [0.5, 0.6) is 0 Å². The highest BCUT2D eigenvalue weighted by Crippen LogP contribution is 2.23. The Hall–Kier alpha value is -2.21. The molecule has 2 aliphatic rings. The first-order valence-corrected chi connectivity index (χ1v) is 8.70. The molecule has 6 heteroatoms. The van der Waals surface area contributed by atoms with Crippen molar-refractivity contribution < 1.29 is 19.7 Å². The van der Waals surface area contributed by atoms with Crippen LogP contribution in [0.25, 0.3) is 0 Å². The Labute approximate surface area is 148 Å². The molecule has 1 saturated heterocycles. The number of hydrogen-bond acceptors (Lipinski definition) is 3. The van der Waals surface area contributed by atoms with Crippen LogP contribution in [0.15, 0.2) is 24.3 Å². The van der Waals surface area contributed by atoms with Crippen molar-refractivity contribution in [1.29, 1.82) is 0 Å². The van der Waals surface area contributed by atoms with Crippen molar-refractivity contribution in [3.05, 3.63) is 35.4 Å². The monoisotopic (exact) mass is 344 g/mol. The minimum atomic E-state index is -0.395. The number of fused-ring (bicyclic) bond motifs is 1. The lowest BCUT2D eigenvalue weighted by atomic mass is 9.79. The summed E-state index contributed by atoms with van der Waals surface area (Å²) in [5.74, 6) is -1.07. The minimum Gasteiger partial charge on any atom is -0.351 e. The molecule has 0 aliphatic carbocycles. The third kappa shape index (κ3) is 3.58. The van der Waals surface area contributed by atoms with Gasteiger partial charge in [-0.3, -0.25) is 19.3 Å². The third-order valence-corrected chi connectivity index (χ3v) is 4.87. The number of piperidine rings is 1. The summed E-state index contributed by atoms with van der Waals surface area (Å²) >= 11 is 0. The molecule has 134 valence electrons. The van der Waals surface area contributed by atoms with Gasteiger partial charge in [-0.2, -0.15) is 0 Å². The van der Waals surface area contributed by atoms with Crippen molar-refractivity contribution >= 4 is 17.7 Å². The van der Waals surface area contributed by atoms with E-state index in [4.69, 9.17) is 0 Å². The number of carbonyl (C=O) groups is 3. The summed E-state index contributed by atoms with van der Waals surface area (Å²) in [5.41, 5.74) is 0.814. The minimum absolute atomic E-state index is 0.0369. The van der Waals surface area contributed by atoms with Gasteiger partial charge in [0, 0.05) is 18.9 Å². The standard InChI is InChI=1S/C19H25N3O3/c1-18(2)9-12(10-19(3,4)21-18)20-15(23)11-22-16(24)13-7-5-6-8-14(13)17(22)25/h5-8,12,21H,9-11H2,1-4H3,(H,20,23)/p+1. The van der Waals surface area contributed by atoms with Crippen molar-refractivity contribution in [2.45, 2.75) is 57.7 Å². The molecule has 3 amide bonds. The summed E-state index contributed by atoms with van der Waals surface area (Å²) in [6, 6.07) is 6.72. The van der Waals surface area contributed by atoms with Crippen molar-refractivity contribution in [3.8, 4) is 0 Å². The van der Waals surface area contributed by atoms with Crippen LogP contribution in [0.3, 0.4) is 0 Å². The van der Waals surface area contributed by atoms with E-state index in [-0.39, 0.29) is 29.6 Å². The number of nitrogens with one attached hydrogen (secondary N) is 1. The van der Waals surface area contributed by atoms with Gasteiger partial charge in [-0.25, -0.2) is 0 Å². The first-order chi connectivity index (χ1) is 11.6. The van der Waals surface area contributed by atoms with Gasteiger partial charge in [0.15, 0.2) is 0 Å². The normalized spacial score (nSPS) is 22.0. The molecule has 3 rings (SSSR count). The van der Waals surface area contributed by atoms with Gasteiger partial charge in [0.25, 0.3) is 11.8 Å². The fourth-order valence-electron chi connectivity index (χ4n) is 4.42. The lowest BCUT2D eigenvalue weighted by molar-refractivity contribution is -0.787. The molecule has 0 bridgehead atoms. The number of rotatable bonds is 3. The van der Waals surface area contributed by atoms with Crippen LogP contribution in [-0.4, -0.2) is 46.3 Å². The Balaban J connectivity index is 1.66. The zero-order valence-electron chi connectivity index (χ0n) is 15.3. The Bertz CT molecular complexity index is 688. The molecule has 0 aromatic heterocycles. The van der Waals surface area contributed by atoms with Crippen molar-refractivity contribution in [3.63, 3.8) is 0 Å². The zero-order chi connectivity index (χ0) is 18.4. The second-order valence-corrected chi connectivity index (χ2v) is 8.54. The van der Waals surface area contributed by atoms with Crippen molar-refractivity contribution in [2.75, 3.05) is 6.54 Å². The van der Waals surface area contributed by atoms with E-state index in [1.807, 2.05) is 0 Å². The highest BCUT2D eigenvalue weighted by molar-refractivity contribution is 6.22. The fourth-order valence-corrected chi connectivity index (χ4v) is 4.42. The molecule has 1 fully saturated rings. The van der Waals surface area contributed by atoms with Crippen LogP contribution in [0, 0.1) is 0 Å². The third-order valence-electron chi connectivity index (χ3n) is 4.87. The predicted octanol–water partition coefficient (Wildman–Crippen LogP) is 0.682. The van der Waals surface area contributed by atoms with Crippen molar-refractivity contribution in [2.24, 2.45) is 0 Å². The SMILES string of the molecule is CC1(C)CC(NC(=O)CN2C(=O)c3ccccc3C2=O)CC(C)(C)[NH2+]1. The number of nitrogens with zero attached hydrogens (tertiary/aromatic N) is 1. The van der Waals surface area contributed by atoms with E-state index in [1.54, 1.807) is 24.3 Å². The molecule has 1 aromatic rings. The van der Waals surface area contributed by atoms with Gasteiger partial charge in [-0.15, -0.1) is 0 Å². The topological polar surface area (TPSA) is 83.1 Å². The maximum absolute atomic E-state index is 12.5. The summed E-state index contributed by atoms with van der Waals surface area (Å²) in [6.45, 7) is 8.43. The number of carbonyl (C=O) groups excluding carboxylic acids is 3. The van der Waals surface area contributed by atoms with Crippen LogP contribution in [0.2, 0.25) is 0 Å². The maximum Gasteiger partial charge on any atom is 0.262 e. The summed E-state index contributed by atoms with van der Waals surface area (Å²) in [4.78, 5) is 38.2. The zero-order valence-corrected chi connectivity index (χ0v) is 15.3. The van der Waals surface area contributed by atoms with Crippen LogP contribution in [0.1, 0.15) is 61.3 Å². The first-order valence-electron chi connectivity index (χ1n) is 8.70. The first kappa shape index (κ1) is 17.6. The van der Waals surface area contributed by atoms with Crippen LogP contribution >= 0.6 is 0 Å². The molecular weight excluding hydrogens is 318 g/mol. The molecule has 0 spiro atoms. The average Bonchev–Trinajstić information content (AvgIpc) is 2.69. The van der Waals surface area contributed by atoms with E-state index in [1.165, 1.54) is 0 Å². The Morgan fingerprint density at radius 3 is 2.04 bits per heavy atom. The number of hydrogen-bond donors (Lipinski definition) is 2. The van der Waals surface area contributed by atoms with E-state index in [2.05, 4.69) is 38.3 Å². The number of amides is 3. The molecular formula is C19H26N3O3+. The maximum atomic E-state index is 12.5. The Morgan fingerprint density at radius 2 is 1.56 bits per heavy atom. The summed E-state index contributed by atoms with van der Waals surface area (Å²) < 4.78 is 0. The van der Waals surface area contributed by atoms with E-state index < -0.39 is 11.8 Å². The molecule has 0 unspecified atom stereocenters. The number of nitrogens with two attached hydrogens (primary N) is 1. The largest absolute Gasteiger partial charge is 0.351 e. The fraction of sp³-hybridized carbons (Fsp3) is 0.526. The van der Waals surface area contributed by atoms with Gasteiger partial charge in [0.1, 0.15) is 6.54 Å². The summed E-state index contributed by atoms with van der Waals surface area (Å²) in [7, 11) is 0. The highest BCUT2D eigenvalue weighted by atomic mass is 16.2. The summed E-state index contributed by atoms with van der Waals surface area (Å²) in [5, 5.41) is 5.36. The second-order valence-electron chi connectivity index (χ2n) is 8.54. The number of imide groups is 1. The number of benzene rings is 1. The molecule has 6 nitrogen and oxygen atoms in total. The van der Waals surface area contributed by atoms with Gasteiger partial charge in [0.05, 0.1) is 22.2 Å². The molecule has 2 aliphatic heterocycles. The Morgan fingerprint density at radius 1 is 1.08 bits per heavy atom. The highest BCUT2D eigenvalue weighted by Gasteiger charge is 2.43. The molecule has 0 saturated carbocycles. The Kier molecular flexibility index (Phi) is 4.19. The average molecular weight is 344 g/mol. The van der Waals surface area contributed by atoms with Gasteiger partial charge in [0.2, 0.25) is 5.91 Å². The van der Waals surface area contributed by atoms with Gasteiger partial charge < -0.3 is 10.6 Å². The van der Waals surface area contributed by atoms with Crippen LogP contribution in [0.4, 0.5) is 0 Å². The molecule has 0 radical (unpaired) electrons. The van der Waals surface area contributed by atoms with Crippen molar-refractivity contribution in [1.82, 2.24) is 10.2 Å². The summed E-state index contributed by atoms with van der Waals surface area (Å²) in [6.07, 6.45) is 1.70. The lowest BCUT2D eigenvalue weighted by Crippen LogP contribution is -3.06. The smallest absolute Gasteiger partial charge is 0.262 e. The van der Waals surface area contributed by atoms with Gasteiger partial charge in [-0.1, -0.05) is 12.1 Å². The molecule has 3 N–H and O–H groups in total. The van der Waals surface area contributed by atoms with Crippen LogP contribution in [-0.2, 0) is 4.79 Å². The van der Waals surface area contributed by atoms with E-state index in [9.17, 15) is 14.4 Å². The second kappa shape index (κ2) is 5.95. The lowest BCUT2D eigenvalue weighted by Gasteiger charge is -2.43.